The van der Waals surface area contributed by atoms with Crippen LogP contribution in [0.5, 0.6) is 5.75 Å². The molecule has 0 amide bonds. The van der Waals surface area contributed by atoms with Crippen molar-refractivity contribution in [3.63, 3.8) is 0 Å². The van der Waals surface area contributed by atoms with E-state index in [-0.39, 0.29) is 5.75 Å². The van der Waals surface area contributed by atoms with E-state index in [1.54, 1.807) is 0 Å². The number of hydrogen-bond acceptors (Lipinski definition) is 2. The Balaban J connectivity index is 2.52. The minimum Gasteiger partial charge on any atom is -0.508 e. The molecule has 2 N–H and O–H groups in total. The smallest absolute Gasteiger partial charge is 0.310 e. The molecule has 98 valence electrons. The lowest BCUT2D eigenvalue weighted by molar-refractivity contribution is -0.138. The van der Waals surface area contributed by atoms with Gasteiger partial charge in [0.2, 0.25) is 0 Å². The van der Waals surface area contributed by atoms with E-state index < -0.39 is 11.9 Å². The third-order valence-electron chi connectivity index (χ3n) is 3.04. The van der Waals surface area contributed by atoms with E-state index in [0.29, 0.717) is 16.1 Å². The number of rotatable bonds is 3. The molecule has 0 spiro atoms. The summed E-state index contributed by atoms with van der Waals surface area (Å²) in [6.07, 6.45) is 0. The summed E-state index contributed by atoms with van der Waals surface area (Å²) in [5.41, 5.74) is 1.87. The van der Waals surface area contributed by atoms with Gasteiger partial charge in [0.15, 0.2) is 0 Å². The second-order valence-electron chi connectivity index (χ2n) is 4.32. The number of benzene rings is 2. The maximum atomic E-state index is 11.0. The van der Waals surface area contributed by atoms with Crippen molar-refractivity contribution in [2.45, 2.75) is 12.8 Å². The lowest BCUT2D eigenvalue weighted by atomic mass is 9.96. The van der Waals surface area contributed by atoms with Crippen LogP contribution in [0.2, 0.25) is 5.02 Å². The van der Waals surface area contributed by atoms with Crippen molar-refractivity contribution in [1.29, 1.82) is 0 Å². The number of carboxylic acids is 1. The predicted octanol–water partition coefficient (Wildman–Crippen LogP) is 3.90. The van der Waals surface area contributed by atoms with E-state index in [9.17, 15) is 9.90 Å². The Morgan fingerprint density at radius 3 is 2.42 bits per heavy atom. The second-order valence-corrected chi connectivity index (χ2v) is 4.72. The summed E-state index contributed by atoms with van der Waals surface area (Å²) in [5.74, 6) is -1.86. The van der Waals surface area contributed by atoms with Gasteiger partial charge < -0.3 is 10.2 Å². The third-order valence-corrected chi connectivity index (χ3v) is 3.35. The highest BCUT2D eigenvalue weighted by Crippen LogP contribution is 2.36. The molecule has 2 aromatic carbocycles. The quantitative estimate of drug-likeness (QED) is 0.894. The fourth-order valence-electron chi connectivity index (χ4n) is 1.90. The average molecular weight is 277 g/mol. The first-order valence-corrected chi connectivity index (χ1v) is 6.19. The minimum atomic E-state index is -1.00. The molecule has 3 nitrogen and oxygen atoms in total. The molecule has 1 atom stereocenters. The number of phenols is 1. The van der Waals surface area contributed by atoms with E-state index in [4.69, 9.17) is 16.7 Å². The Hall–Kier alpha value is -2.00. The highest BCUT2D eigenvalue weighted by Gasteiger charge is 2.19. The third kappa shape index (κ3) is 2.71. The molecule has 0 aliphatic rings. The van der Waals surface area contributed by atoms with Gasteiger partial charge in [-0.25, -0.2) is 0 Å². The number of halogens is 1. The lowest BCUT2D eigenvalue weighted by Gasteiger charge is -2.13. The number of carboxylic acid groups (broad SMARTS) is 1. The first-order chi connectivity index (χ1) is 9.00. The van der Waals surface area contributed by atoms with Gasteiger partial charge >= 0.3 is 5.97 Å². The Labute approximate surface area is 116 Å². The van der Waals surface area contributed by atoms with Gasteiger partial charge in [0.1, 0.15) is 5.75 Å². The summed E-state index contributed by atoms with van der Waals surface area (Å²) in [6, 6.07) is 12.4. The molecule has 19 heavy (non-hydrogen) atoms. The van der Waals surface area contributed by atoms with Crippen molar-refractivity contribution in [3.05, 3.63) is 53.1 Å². The van der Waals surface area contributed by atoms with Crippen molar-refractivity contribution < 1.29 is 15.0 Å². The topological polar surface area (TPSA) is 57.5 Å². The molecule has 2 aromatic rings. The molecule has 4 heteroatoms. The molecular formula is C15H13ClO3. The van der Waals surface area contributed by atoms with E-state index in [0.717, 1.165) is 5.56 Å². The van der Waals surface area contributed by atoms with Crippen molar-refractivity contribution >= 4 is 17.6 Å². The molecule has 0 radical (unpaired) electrons. The zero-order chi connectivity index (χ0) is 14.0. The van der Waals surface area contributed by atoms with Gasteiger partial charge in [-0.05, 0) is 24.6 Å². The molecular weight excluding hydrogens is 264 g/mol. The first kappa shape index (κ1) is 13.4. The molecule has 0 heterocycles. The number of hydrogen-bond donors (Lipinski definition) is 2. The maximum Gasteiger partial charge on any atom is 0.310 e. The van der Waals surface area contributed by atoms with Gasteiger partial charge in [0.25, 0.3) is 0 Å². The normalized spacial score (nSPS) is 12.1. The SMILES string of the molecule is CC(C(=O)O)c1cc(Cl)c(-c2ccccc2)cc1O. The maximum absolute atomic E-state index is 11.0. The van der Waals surface area contributed by atoms with Crippen molar-refractivity contribution in [2.24, 2.45) is 0 Å². The number of aromatic hydroxyl groups is 1. The van der Waals surface area contributed by atoms with Gasteiger partial charge in [-0.2, -0.15) is 0 Å². The summed E-state index contributed by atoms with van der Waals surface area (Å²) >= 11 is 6.18. The summed E-state index contributed by atoms with van der Waals surface area (Å²) in [4.78, 5) is 11.0. The molecule has 2 rings (SSSR count). The Morgan fingerprint density at radius 2 is 1.84 bits per heavy atom. The summed E-state index contributed by atoms with van der Waals surface area (Å²) in [5, 5.41) is 19.4. The Kier molecular flexibility index (Phi) is 3.76. The molecule has 1 unspecified atom stereocenters. The second kappa shape index (κ2) is 5.33. The monoisotopic (exact) mass is 276 g/mol. The van der Waals surface area contributed by atoms with Gasteiger partial charge in [-0.1, -0.05) is 41.9 Å². The van der Waals surface area contributed by atoms with Gasteiger partial charge in [0.05, 0.1) is 5.92 Å². The number of aliphatic carboxylic acids is 1. The molecule has 0 saturated heterocycles. The van der Waals surface area contributed by atoms with E-state index in [2.05, 4.69) is 0 Å². The fourth-order valence-corrected chi connectivity index (χ4v) is 2.18. The lowest BCUT2D eigenvalue weighted by Crippen LogP contribution is -2.07. The molecule has 0 aromatic heterocycles. The van der Waals surface area contributed by atoms with Gasteiger partial charge in [-0.15, -0.1) is 0 Å². The standard InChI is InChI=1S/C15H13ClO3/c1-9(15(18)19)11-7-13(16)12(8-14(11)17)10-5-3-2-4-6-10/h2-9,17H,1H3,(H,18,19). The van der Waals surface area contributed by atoms with Crippen LogP contribution in [0.25, 0.3) is 11.1 Å². The van der Waals surface area contributed by atoms with Crippen LogP contribution in [0.15, 0.2) is 42.5 Å². The van der Waals surface area contributed by atoms with Crippen LogP contribution in [0, 0.1) is 0 Å². The van der Waals surface area contributed by atoms with Gasteiger partial charge in [0, 0.05) is 16.1 Å². The fraction of sp³-hybridized carbons (Fsp3) is 0.133. The zero-order valence-corrected chi connectivity index (χ0v) is 11.1. The van der Waals surface area contributed by atoms with Gasteiger partial charge in [-0.3, -0.25) is 4.79 Å². The minimum absolute atomic E-state index is 0.0573. The van der Waals surface area contributed by atoms with Crippen LogP contribution in [0.4, 0.5) is 0 Å². The van der Waals surface area contributed by atoms with E-state index in [1.807, 2.05) is 30.3 Å². The zero-order valence-electron chi connectivity index (χ0n) is 10.3. The summed E-state index contributed by atoms with van der Waals surface area (Å²) < 4.78 is 0. The van der Waals surface area contributed by atoms with Crippen LogP contribution in [0.3, 0.4) is 0 Å². The molecule has 0 bridgehead atoms. The average Bonchev–Trinajstić information content (AvgIpc) is 2.41. The van der Waals surface area contributed by atoms with Crippen molar-refractivity contribution in [2.75, 3.05) is 0 Å². The molecule has 0 fully saturated rings. The number of carbonyl (C=O) groups is 1. The Bertz CT molecular complexity index is 608. The van der Waals surface area contributed by atoms with E-state index in [1.165, 1.54) is 19.1 Å². The number of phenolic OH excluding ortho intramolecular Hbond substituents is 1. The van der Waals surface area contributed by atoms with Crippen molar-refractivity contribution in [3.8, 4) is 16.9 Å². The molecule has 0 aliphatic carbocycles. The Morgan fingerprint density at radius 1 is 1.21 bits per heavy atom. The summed E-state index contributed by atoms with van der Waals surface area (Å²) in [6.45, 7) is 1.51. The van der Waals surface area contributed by atoms with Crippen LogP contribution in [-0.4, -0.2) is 16.2 Å². The van der Waals surface area contributed by atoms with Crippen LogP contribution < -0.4 is 0 Å². The molecule has 0 aliphatic heterocycles. The highest BCUT2D eigenvalue weighted by molar-refractivity contribution is 6.33. The van der Waals surface area contributed by atoms with Crippen LogP contribution in [-0.2, 0) is 4.79 Å². The highest BCUT2D eigenvalue weighted by atomic mass is 35.5. The van der Waals surface area contributed by atoms with Crippen LogP contribution >= 0.6 is 11.6 Å². The van der Waals surface area contributed by atoms with Crippen molar-refractivity contribution in [1.82, 2.24) is 0 Å². The largest absolute Gasteiger partial charge is 0.508 e. The van der Waals surface area contributed by atoms with E-state index >= 15 is 0 Å². The summed E-state index contributed by atoms with van der Waals surface area (Å²) in [7, 11) is 0. The molecule has 0 saturated carbocycles. The van der Waals surface area contributed by atoms with Crippen LogP contribution in [0.1, 0.15) is 18.4 Å². The predicted molar refractivity (Wildman–Crippen MR) is 74.6 cm³/mol. The first-order valence-electron chi connectivity index (χ1n) is 5.81.